The number of benzene rings is 4. The first-order chi connectivity index (χ1) is 65.3. The maximum absolute atomic E-state index is 4.58. The highest BCUT2D eigenvalue weighted by atomic mass is 32.1. The van der Waals surface area contributed by atoms with Crippen molar-refractivity contribution in [2.24, 2.45) is 10.2 Å². The third-order valence-electron chi connectivity index (χ3n) is 13.5. The number of thiophene rings is 4. The van der Waals surface area contributed by atoms with E-state index >= 15 is 0 Å². The molecule has 0 amide bonds. The second-order valence-corrected chi connectivity index (χ2v) is 27.8. The van der Waals surface area contributed by atoms with Crippen LogP contribution >= 0.6 is 68.2 Å². The average molecular weight is 1850 g/mol. The van der Waals surface area contributed by atoms with Gasteiger partial charge in [-0.1, -0.05) is 84.0 Å². The van der Waals surface area contributed by atoms with Crippen molar-refractivity contribution in [3.8, 4) is 0 Å². The van der Waals surface area contributed by atoms with Crippen molar-refractivity contribution in [3.63, 3.8) is 0 Å². The van der Waals surface area contributed by atoms with Crippen molar-refractivity contribution in [1.29, 1.82) is 0 Å². The number of furan rings is 1. The zero-order valence-electron chi connectivity index (χ0n) is 70.2. The Hall–Kier alpha value is -16.9. The number of thiazole rings is 1. The van der Waals surface area contributed by atoms with Gasteiger partial charge in [0.15, 0.2) is 6.39 Å². The molecular weight excluding hydrogens is 1760 g/mol. The first-order valence-electron chi connectivity index (χ1n) is 38.8. The molecule has 1 aliphatic heterocycles. The van der Waals surface area contributed by atoms with E-state index in [-0.39, 0.29) is 0 Å². The summed E-state index contributed by atoms with van der Waals surface area (Å²) in [5.41, 5.74) is 7.02. The number of imidazole rings is 2. The van der Waals surface area contributed by atoms with Crippen LogP contribution in [0.3, 0.4) is 0 Å². The van der Waals surface area contributed by atoms with Crippen LogP contribution in [0.1, 0.15) is 0 Å². The molecule has 0 radical (unpaired) electrons. The minimum Gasteiger partial charge on any atom is -0.473 e. The number of H-pyrrole nitrogens is 5. The minimum atomic E-state index is 0.778. The zero-order chi connectivity index (χ0) is 91.3. The van der Waals surface area contributed by atoms with E-state index < -0.39 is 0 Å². The predicted molar refractivity (Wildman–Crippen MR) is 527 cm³/mol. The van der Waals surface area contributed by atoms with Gasteiger partial charge in [-0.15, -0.1) is 45.3 Å². The number of aromatic amines is 5. The number of rotatable bonds is 0. The number of azo groups is 1. The number of nitrogens with one attached hydrogen (secondary N) is 5. The summed E-state index contributed by atoms with van der Waals surface area (Å²) in [4.78, 5) is 68.4. The van der Waals surface area contributed by atoms with Gasteiger partial charge >= 0.3 is 0 Å². The Labute approximate surface area is 780 Å². The highest BCUT2D eigenvalue weighted by molar-refractivity contribution is 7.25. The van der Waals surface area contributed by atoms with Crippen LogP contribution in [0, 0.1) is 0 Å². The van der Waals surface area contributed by atoms with Crippen LogP contribution in [0.4, 0.5) is 0 Å². The number of pyridine rings is 1. The van der Waals surface area contributed by atoms with E-state index in [1.165, 1.54) is 73.5 Å². The summed E-state index contributed by atoms with van der Waals surface area (Å²) >= 11 is 10.2. The normalized spacial score (nSPS) is 9.13. The summed E-state index contributed by atoms with van der Waals surface area (Å²) < 4.78 is 21.3. The molecule has 36 heteroatoms. The molecule has 1 aliphatic rings. The van der Waals surface area contributed by atoms with Crippen molar-refractivity contribution in [3.05, 3.63) is 510 Å². The second-order valence-electron chi connectivity index (χ2n) is 22.6. The van der Waals surface area contributed by atoms with Crippen molar-refractivity contribution in [2.45, 2.75) is 0 Å². The fourth-order valence-electron chi connectivity index (χ4n) is 8.07. The summed E-state index contributed by atoms with van der Waals surface area (Å²) in [6, 6.07) is 70.9. The van der Waals surface area contributed by atoms with E-state index in [9.17, 15) is 0 Å². The number of aromatic nitrogens is 25. The molecule has 0 unspecified atom stereocenters. The summed E-state index contributed by atoms with van der Waals surface area (Å²) in [7, 11) is 0. The maximum Gasteiger partial charge on any atom is 0.180 e. The van der Waals surface area contributed by atoms with E-state index in [1.54, 1.807) is 273 Å². The molecule has 660 valence electrons. The van der Waals surface area contributed by atoms with Crippen molar-refractivity contribution < 1.29 is 13.4 Å². The SMILES string of the molecule is C1=CN=NC1.c1c[nH]cn1.c1cc2sccc2s1.c1cc[nH]c1.c1ccc2[nH]ccc2c1.c1ccc2[nH]cnc2c1.c1ccc2nccnc2c1.c1ccc2sccc2c1.c1ccncc1.c1ccnnc1.c1ccoc1.c1ccsc1.c1cn[nH]c1.c1cnccn1.c1cnccn1.c1cncnc1.c1cncnc1.c1cnoc1.c1cnsc1.c1cocn1.c1cscn1. The molecular formula is C95H91N27O3S6. The van der Waals surface area contributed by atoms with Crippen molar-refractivity contribution in [1.82, 2.24) is 125 Å². The van der Waals surface area contributed by atoms with Crippen molar-refractivity contribution >= 4 is 121 Å². The summed E-state index contributed by atoms with van der Waals surface area (Å²) in [6.45, 7) is 0.778. The number of hydrogen-bond donors (Lipinski definition) is 5. The van der Waals surface area contributed by atoms with E-state index in [0.717, 1.165) is 28.6 Å². The van der Waals surface area contributed by atoms with E-state index in [4.69, 9.17) is 0 Å². The monoisotopic (exact) mass is 1850 g/mol. The van der Waals surface area contributed by atoms with Crippen LogP contribution in [-0.2, 0) is 0 Å². The summed E-state index contributed by atoms with van der Waals surface area (Å²) in [5.74, 6) is 0. The average Bonchev–Trinajstić information content (AvgIpc) is 1.85. The minimum absolute atomic E-state index is 0.778. The molecule has 0 aliphatic carbocycles. The number of nitrogens with zero attached hydrogens (tertiary/aromatic N) is 22. The molecule has 0 fully saturated rings. The van der Waals surface area contributed by atoms with Crippen LogP contribution in [0.2, 0.25) is 0 Å². The van der Waals surface area contributed by atoms with E-state index in [2.05, 4.69) is 225 Å². The predicted octanol–water partition coefficient (Wildman–Crippen LogP) is 24.2. The molecule has 0 bridgehead atoms. The molecule has 26 rings (SSSR count). The fraction of sp³-hybridized carbons (Fsp3) is 0.0105. The lowest BCUT2D eigenvalue weighted by molar-refractivity contribution is 0.420. The third kappa shape index (κ3) is 58.8. The lowest BCUT2D eigenvalue weighted by atomic mass is 10.3. The highest BCUT2D eigenvalue weighted by Crippen LogP contribution is 2.25. The Morgan fingerprint density at radius 1 is 0.305 bits per heavy atom. The van der Waals surface area contributed by atoms with Gasteiger partial charge in [-0.3, -0.25) is 45.0 Å². The molecule has 21 aromatic heterocycles. The maximum atomic E-state index is 4.58. The molecule has 5 N–H and O–H groups in total. The van der Waals surface area contributed by atoms with Gasteiger partial charge in [0.05, 0.1) is 71.7 Å². The summed E-state index contributed by atoms with van der Waals surface area (Å²) in [5, 5.41) is 40.7. The summed E-state index contributed by atoms with van der Waals surface area (Å²) in [6.07, 6.45) is 66.9. The molecule has 131 heavy (non-hydrogen) atoms. The number of fused-ring (bicyclic) bond motifs is 5. The number of oxazole rings is 1. The number of para-hydroxylation sites is 5. The first-order valence-corrected chi connectivity index (χ1v) is 44.2. The van der Waals surface area contributed by atoms with Crippen molar-refractivity contribution in [2.75, 3.05) is 6.54 Å². The Morgan fingerprint density at radius 2 is 0.908 bits per heavy atom. The molecule has 0 spiro atoms. The van der Waals surface area contributed by atoms with E-state index in [1.807, 2.05) is 186 Å². The lowest BCUT2D eigenvalue weighted by Gasteiger charge is -1.90. The van der Waals surface area contributed by atoms with Crippen LogP contribution < -0.4 is 0 Å². The van der Waals surface area contributed by atoms with Crippen LogP contribution in [0.25, 0.3) is 52.5 Å². The standard InChI is InChI=1S/C8H6N2.C8H7N.C8H6S.C7H6N2.C6H4S2.C5H5N.5C4H4N2.C4H5N.C4H4O.C4H4S.3C3H4N2.2C3H3NO.2C3H3NS/c1-2-4-8-7(3-1)9-5-6-10-8;2*1-2-4-8-7(3-1)5-6-9-8;1-2-4-7-6(3-1)8-5-9-7;1-3-7-6-2-4-8-5(1)6;1-2-4-6-5-3-1;2*1-2-6-4-3-5-1;2*1-2-5-4-6-3-1;1-2-4-6-5-3-1;3*1-2-4-5-3-1;1-2-5-3-4-1;2*1-2-4-5-3-1;1-2-5-3-4-1;1-2-4-5-3-1;1-2-5-3-4-1;1-2-4-5-3-1/h1-6H;1-6,9H;1-6H;1-5H,(H,8,9);1-4H;1-5H;5*1-4H;1-5H;2*1-4H;1-3H,(H,4,5);1-2H,3H2;1-3H,(H,4,5);4*1-3H. The molecule has 4 aromatic carbocycles. The van der Waals surface area contributed by atoms with Gasteiger partial charge in [0.25, 0.3) is 0 Å². The van der Waals surface area contributed by atoms with Crippen LogP contribution in [-0.4, -0.2) is 131 Å². The van der Waals surface area contributed by atoms with Crippen LogP contribution in [0.5, 0.6) is 0 Å². The van der Waals surface area contributed by atoms with Crippen LogP contribution in [0.15, 0.2) is 534 Å². The molecule has 30 nitrogen and oxygen atoms in total. The van der Waals surface area contributed by atoms with Gasteiger partial charge in [0.1, 0.15) is 25.2 Å². The third-order valence-corrected chi connectivity index (χ3v) is 18.0. The molecule has 0 atom stereocenters. The Bertz CT molecular complexity index is 5000. The smallest absolute Gasteiger partial charge is 0.180 e. The Kier molecular flexibility index (Phi) is 62.1. The van der Waals surface area contributed by atoms with Gasteiger partial charge in [-0.05, 0) is 195 Å². The molecule has 0 saturated carbocycles. The van der Waals surface area contributed by atoms with Gasteiger partial charge in [-0.25, -0.2) is 39.3 Å². The second kappa shape index (κ2) is 79.0. The Morgan fingerprint density at radius 3 is 1.24 bits per heavy atom. The Balaban J connectivity index is 0.000000213. The van der Waals surface area contributed by atoms with Gasteiger partial charge in [0, 0.05) is 204 Å². The number of hydrogen-bond acceptors (Lipinski definition) is 31. The van der Waals surface area contributed by atoms with Gasteiger partial charge in [0.2, 0.25) is 0 Å². The van der Waals surface area contributed by atoms with E-state index in [0.29, 0.717) is 0 Å². The molecule has 22 heterocycles. The molecule has 25 aromatic rings. The lowest BCUT2D eigenvalue weighted by Crippen LogP contribution is -1.78. The first kappa shape index (κ1) is 103. The fourth-order valence-corrected chi connectivity index (χ4v) is 11.8. The largest absolute Gasteiger partial charge is 0.473 e. The topological polar surface area (TPSA) is 401 Å². The van der Waals surface area contributed by atoms with Gasteiger partial charge < -0.3 is 33.3 Å². The highest BCUT2D eigenvalue weighted by Gasteiger charge is 1.93. The van der Waals surface area contributed by atoms with Gasteiger partial charge in [-0.2, -0.15) is 36.9 Å². The molecule has 0 saturated heterocycles. The quantitative estimate of drug-likeness (QED) is 0.0941. The zero-order valence-corrected chi connectivity index (χ0v) is 75.1.